The molecular weight excluding hydrogens is 246 g/mol. The van der Waals surface area contributed by atoms with Crippen molar-refractivity contribution in [2.75, 3.05) is 7.05 Å². The first-order valence-electron chi connectivity index (χ1n) is 7.11. The molecule has 2 aromatic carbocycles. The molecule has 2 aromatic rings. The number of aliphatic hydroxyl groups is 1. The van der Waals surface area contributed by atoms with Crippen molar-refractivity contribution in [3.8, 4) is 0 Å². The molecule has 0 aliphatic carbocycles. The number of rotatable bonds is 5. The number of hydrogen-bond donors (Lipinski definition) is 1. The van der Waals surface area contributed by atoms with Gasteiger partial charge in [0.1, 0.15) is 0 Å². The molecule has 0 heterocycles. The molecule has 2 heteroatoms. The van der Waals surface area contributed by atoms with Crippen LogP contribution < -0.4 is 0 Å². The van der Waals surface area contributed by atoms with Crippen LogP contribution >= 0.6 is 0 Å². The van der Waals surface area contributed by atoms with Crippen LogP contribution in [0.3, 0.4) is 0 Å². The van der Waals surface area contributed by atoms with E-state index in [1.165, 1.54) is 0 Å². The Kier molecular flexibility index (Phi) is 4.94. The molecule has 0 bridgehead atoms. The summed E-state index contributed by atoms with van der Waals surface area (Å²) in [6.07, 6.45) is -0.536. The van der Waals surface area contributed by atoms with Gasteiger partial charge >= 0.3 is 0 Å². The second-order valence-electron chi connectivity index (χ2n) is 5.47. The van der Waals surface area contributed by atoms with Gasteiger partial charge in [0, 0.05) is 6.04 Å². The molecule has 0 radical (unpaired) electrons. The lowest BCUT2D eigenvalue weighted by atomic mass is 9.94. The van der Waals surface area contributed by atoms with E-state index in [2.05, 4.69) is 37.9 Å². The SMILES string of the molecule is CC(C)N(C)[C@@H](c1ccccc1)[C@H](O)c1ccccc1. The maximum absolute atomic E-state index is 10.8. The molecule has 0 saturated heterocycles. The molecule has 2 rings (SSSR count). The summed E-state index contributed by atoms with van der Waals surface area (Å²) in [6.45, 7) is 4.29. The summed E-state index contributed by atoms with van der Waals surface area (Å²) in [6, 6.07) is 20.4. The summed E-state index contributed by atoms with van der Waals surface area (Å²) < 4.78 is 0. The van der Waals surface area contributed by atoms with Crippen molar-refractivity contribution >= 4 is 0 Å². The highest BCUT2D eigenvalue weighted by Crippen LogP contribution is 2.34. The van der Waals surface area contributed by atoms with E-state index in [1.54, 1.807) is 0 Å². The van der Waals surface area contributed by atoms with E-state index in [-0.39, 0.29) is 6.04 Å². The van der Waals surface area contributed by atoms with Gasteiger partial charge in [0.25, 0.3) is 0 Å². The zero-order valence-electron chi connectivity index (χ0n) is 12.4. The lowest BCUT2D eigenvalue weighted by Crippen LogP contribution is -2.34. The molecule has 0 aliphatic heterocycles. The van der Waals surface area contributed by atoms with Gasteiger partial charge in [-0.2, -0.15) is 0 Å². The molecule has 0 amide bonds. The Hall–Kier alpha value is -1.64. The molecule has 2 atom stereocenters. The molecule has 20 heavy (non-hydrogen) atoms. The van der Waals surface area contributed by atoms with Crippen molar-refractivity contribution in [3.05, 3.63) is 71.8 Å². The fraction of sp³-hybridized carbons (Fsp3) is 0.333. The smallest absolute Gasteiger partial charge is 0.0986 e. The third-order valence-electron chi connectivity index (χ3n) is 3.83. The fourth-order valence-corrected chi connectivity index (χ4v) is 2.44. The Balaban J connectivity index is 2.37. The van der Waals surface area contributed by atoms with Crippen LogP contribution in [0.2, 0.25) is 0 Å². The predicted molar refractivity (Wildman–Crippen MR) is 83.5 cm³/mol. The van der Waals surface area contributed by atoms with Crippen molar-refractivity contribution in [1.29, 1.82) is 0 Å². The molecular formula is C18H23NO. The molecule has 2 nitrogen and oxygen atoms in total. The summed E-state index contributed by atoms with van der Waals surface area (Å²) >= 11 is 0. The van der Waals surface area contributed by atoms with E-state index in [0.29, 0.717) is 6.04 Å². The first kappa shape index (κ1) is 14.8. The first-order chi connectivity index (χ1) is 9.61. The second-order valence-corrected chi connectivity index (χ2v) is 5.47. The molecule has 1 N–H and O–H groups in total. The monoisotopic (exact) mass is 269 g/mol. The lowest BCUT2D eigenvalue weighted by molar-refractivity contribution is 0.0461. The van der Waals surface area contributed by atoms with Gasteiger partial charge in [0.15, 0.2) is 0 Å². The van der Waals surface area contributed by atoms with Crippen LogP contribution in [-0.2, 0) is 0 Å². The zero-order chi connectivity index (χ0) is 14.5. The Morgan fingerprint density at radius 2 is 1.25 bits per heavy atom. The van der Waals surface area contributed by atoms with E-state index in [0.717, 1.165) is 11.1 Å². The van der Waals surface area contributed by atoms with Crippen LogP contribution in [0.15, 0.2) is 60.7 Å². The minimum Gasteiger partial charge on any atom is -0.386 e. The zero-order valence-corrected chi connectivity index (χ0v) is 12.4. The number of hydrogen-bond acceptors (Lipinski definition) is 2. The van der Waals surface area contributed by atoms with Gasteiger partial charge in [-0.3, -0.25) is 4.90 Å². The topological polar surface area (TPSA) is 23.5 Å². The summed E-state index contributed by atoms with van der Waals surface area (Å²) in [7, 11) is 2.06. The molecule has 0 saturated carbocycles. The normalized spacial score (nSPS) is 14.5. The van der Waals surface area contributed by atoms with Crippen LogP contribution in [0.4, 0.5) is 0 Å². The predicted octanol–water partition coefficient (Wildman–Crippen LogP) is 3.80. The average molecular weight is 269 g/mol. The minimum absolute atomic E-state index is 0.0430. The van der Waals surface area contributed by atoms with Crippen molar-refractivity contribution in [3.63, 3.8) is 0 Å². The summed E-state index contributed by atoms with van der Waals surface area (Å²) in [4.78, 5) is 2.22. The third kappa shape index (κ3) is 3.27. The van der Waals surface area contributed by atoms with Crippen molar-refractivity contribution in [2.45, 2.75) is 32.0 Å². The van der Waals surface area contributed by atoms with Crippen LogP contribution in [-0.4, -0.2) is 23.1 Å². The van der Waals surface area contributed by atoms with Gasteiger partial charge in [-0.25, -0.2) is 0 Å². The van der Waals surface area contributed by atoms with Crippen LogP contribution in [0.5, 0.6) is 0 Å². The highest BCUT2D eigenvalue weighted by Gasteiger charge is 2.27. The van der Waals surface area contributed by atoms with E-state index in [4.69, 9.17) is 0 Å². The highest BCUT2D eigenvalue weighted by atomic mass is 16.3. The highest BCUT2D eigenvalue weighted by molar-refractivity contribution is 5.26. The maximum atomic E-state index is 10.8. The van der Waals surface area contributed by atoms with E-state index < -0.39 is 6.10 Å². The summed E-state index contributed by atoms with van der Waals surface area (Å²) in [5, 5.41) is 10.8. The number of likely N-dealkylation sites (N-methyl/N-ethyl adjacent to an activating group) is 1. The molecule has 0 spiro atoms. The Morgan fingerprint density at radius 3 is 1.70 bits per heavy atom. The first-order valence-corrected chi connectivity index (χ1v) is 7.11. The minimum atomic E-state index is -0.536. The molecule has 0 aliphatic rings. The van der Waals surface area contributed by atoms with Gasteiger partial charge in [-0.1, -0.05) is 60.7 Å². The number of benzene rings is 2. The van der Waals surface area contributed by atoms with Crippen molar-refractivity contribution < 1.29 is 5.11 Å². The Labute approximate surface area is 121 Å². The third-order valence-corrected chi connectivity index (χ3v) is 3.83. The van der Waals surface area contributed by atoms with Gasteiger partial charge in [0.2, 0.25) is 0 Å². The quantitative estimate of drug-likeness (QED) is 0.892. The molecule has 0 unspecified atom stereocenters. The maximum Gasteiger partial charge on any atom is 0.0986 e. The summed E-state index contributed by atoms with van der Waals surface area (Å²) in [5.74, 6) is 0. The Morgan fingerprint density at radius 1 is 0.800 bits per heavy atom. The van der Waals surface area contributed by atoms with Crippen LogP contribution in [0, 0.1) is 0 Å². The van der Waals surface area contributed by atoms with Crippen LogP contribution in [0.25, 0.3) is 0 Å². The van der Waals surface area contributed by atoms with E-state index in [9.17, 15) is 5.11 Å². The number of aliphatic hydroxyl groups excluding tert-OH is 1. The Bertz CT molecular complexity index is 509. The largest absolute Gasteiger partial charge is 0.386 e. The molecule has 0 fully saturated rings. The van der Waals surface area contributed by atoms with Gasteiger partial charge < -0.3 is 5.11 Å². The van der Waals surface area contributed by atoms with Gasteiger partial charge in [-0.05, 0) is 32.0 Å². The number of nitrogens with zero attached hydrogens (tertiary/aromatic N) is 1. The lowest BCUT2D eigenvalue weighted by Gasteiger charge is -2.35. The molecule has 106 valence electrons. The second kappa shape index (κ2) is 6.69. The van der Waals surface area contributed by atoms with E-state index in [1.807, 2.05) is 48.5 Å². The van der Waals surface area contributed by atoms with Crippen molar-refractivity contribution in [1.82, 2.24) is 4.90 Å². The summed E-state index contributed by atoms with van der Waals surface area (Å²) in [5.41, 5.74) is 2.09. The van der Waals surface area contributed by atoms with Crippen LogP contribution in [0.1, 0.15) is 37.1 Å². The molecule has 0 aromatic heterocycles. The van der Waals surface area contributed by atoms with E-state index >= 15 is 0 Å². The van der Waals surface area contributed by atoms with Gasteiger partial charge in [0.05, 0.1) is 12.1 Å². The standard InChI is InChI=1S/C18H23NO/c1-14(2)19(3)17(15-10-6-4-7-11-15)18(20)16-12-8-5-9-13-16/h4-14,17-18,20H,1-3H3/t17-,18+/m0/s1. The van der Waals surface area contributed by atoms with Gasteiger partial charge in [-0.15, -0.1) is 0 Å². The fourth-order valence-electron chi connectivity index (χ4n) is 2.44. The van der Waals surface area contributed by atoms with Crippen molar-refractivity contribution in [2.24, 2.45) is 0 Å². The average Bonchev–Trinajstić information content (AvgIpc) is 2.49.